The lowest BCUT2D eigenvalue weighted by atomic mass is 10.0. The second-order valence-corrected chi connectivity index (χ2v) is 8.59. The molecule has 2 heterocycles. The largest absolute Gasteiger partial charge is 0.497 e. The number of rotatable bonds is 6. The quantitative estimate of drug-likeness (QED) is 0.354. The lowest BCUT2D eigenvalue weighted by molar-refractivity contribution is 0.0726. The molecule has 0 fully saturated rings. The molecule has 0 aliphatic carbocycles. The van der Waals surface area contributed by atoms with Crippen molar-refractivity contribution in [1.82, 2.24) is 24.9 Å². The van der Waals surface area contributed by atoms with E-state index in [9.17, 15) is 9.18 Å². The second kappa shape index (κ2) is 9.13. The van der Waals surface area contributed by atoms with E-state index in [1.165, 1.54) is 12.1 Å². The molecule has 1 amide bonds. The van der Waals surface area contributed by atoms with Crippen LogP contribution in [0.2, 0.25) is 0 Å². The van der Waals surface area contributed by atoms with Crippen molar-refractivity contribution in [3.8, 4) is 5.75 Å². The number of benzene rings is 3. The summed E-state index contributed by atoms with van der Waals surface area (Å²) in [5.74, 6) is -0.251. The molecule has 8 heteroatoms. The Morgan fingerprint density at radius 1 is 1.03 bits per heavy atom. The Morgan fingerprint density at radius 2 is 1.80 bits per heavy atom. The van der Waals surface area contributed by atoms with Crippen molar-refractivity contribution >= 4 is 22.5 Å². The van der Waals surface area contributed by atoms with Crippen LogP contribution in [0.4, 0.5) is 4.39 Å². The first-order valence-electron chi connectivity index (χ1n) is 11.2. The van der Waals surface area contributed by atoms with Gasteiger partial charge in [0.15, 0.2) is 5.65 Å². The first kappa shape index (κ1) is 22.5. The number of halogens is 1. The van der Waals surface area contributed by atoms with Crippen molar-refractivity contribution < 1.29 is 13.9 Å². The molecular weight excluding hydrogens is 445 g/mol. The van der Waals surface area contributed by atoms with E-state index in [1.54, 1.807) is 28.7 Å². The highest BCUT2D eigenvalue weighted by atomic mass is 19.1. The van der Waals surface area contributed by atoms with E-state index in [1.807, 2.05) is 50.2 Å². The van der Waals surface area contributed by atoms with Crippen LogP contribution in [0.25, 0.3) is 16.6 Å². The number of pyridine rings is 1. The van der Waals surface area contributed by atoms with Crippen molar-refractivity contribution in [3.05, 3.63) is 100 Å². The topological polar surface area (TPSA) is 72.6 Å². The maximum Gasteiger partial charge on any atom is 0.257 e. The van der Waals surface area contributed by atoms with Crippen LogP contribution in [-0.4, -0.2) is 38.0 Å². The average Bonchev–Trinajstić information content (AvgIpc) is 3.35. The van der Waals surface area contributed by atoms with Crippen molar-refractivity contribution in [1.29, 1.82) is 0 Å². The number of nitrogens with zero attached hydrogens (tertiary/aromatic N) is 5. The van der Waals surface area contributed by atoms with E-state index in [0.717, 1.165) is 38.9 Å². The standard InChI is InChI=1S/C27H24FN5O2/c1-17-12-18(2)23-14-20(26-29-30-31-33(26)25(23)13-17)16-32(15-19-8-10-21(35-3)11-9-19)27(34)22-6-4-5-7-24(22)28/h4-14H,15-16H2,1-3H3. The lowest BCUT2D eigenvalue weighted by Gasteiger charge is -2.24. The van der Waals surface area contributed by atoms with Gasteiger partial charge in [-0.3, -0.25) is 4.79 Å². The molecule has 3 aromatic carbocycles. The number of tetrazole rings is 1. The Kier molecular flexibility index (Phi) is 5.86. The second-order valence-electron chi connectivity index (χ2n) is 8.59. The monoisotopic (exact) mass is 469 g/mol. The van der Waals surface area contributed by atoms with Crippen LogP contribution in [-0.2, 0) is 13.1 Å². The minimum absolute atomic E-state index is 0.0178. The molecule has 7 nitrogen and oxygen atoms in total. The third kappa shape index (κ3) is 4.30. The van der Waals surface area contributed by atoms with Gasteiger partial charge in [-0.2, -0.15) is 4.52 Å². The summed E-state index contributed by atoms with van der Waals surface area (Å²) < 4.78 is 21.5. The Morgan fingerprint density at radius 3 is 2.54 bits per heavy atom. The van der Waals surface area contributed by atoms with E-state index in [-0.39, 0.29) is 18.7 Å². The Hall–Kier alpha value is -4.33. The predicted molar refractivity (Wildman–Crippen MR) is 131 cm³/mol. The van der Waals surface area contributed by atoms with Gasteiger partial charge in [0.2, 0.25) is 0 Å². The number of amides is 1. The molecule has 0 radical (unpaired) electrons. The zero-order valence-electron chi connectivity index (χ0n) is 19.7. The molecule has 0 aliphatic rings. The van der Waals surface area contributed by atoms with Crippen molar-refractivity contribution in [2.75, 3.05) is 7.11 Å². The molecule has 0 saturated heterocycles. The molecule has 5 rings (SSSR count). The Bertz CT molecular complexity index is 1550. The van der Waals surface area contributed by atoms with Gasteiger partial charge in [0.25, 0.3) is 5.91 Å². The van der Waals surface area contributed by atoms with Gasteiger partial charge in [0.1, 0.15) is 11.6 Å². The number of carbonyl (C=O) groups excluding carboxylic acids is 1. The van der Waals surface area contributed by atoms with E-state index >= 15 is 0 Å². The highest BCUT2D eigenvalue weighted by Gasteiger charge is 2.22. The zero-order chi connectivity index (χ0) is 24.5. The molecule has 0 spiro atoms. The highest BCUT2D eigenvalue weighted by Crippen LogP contribution is 2.26. The summed E-state index contributed by atoms with van der Waals surface area (Å²) in [5, 5.41) is 13.3. The summed E-state index contributed by atoms with van der Waals surface area (Å²) in [4.78, 5) is 15.2. The SMILES string of the molecule is COc1ccc(CN(Cc2cc3c(C)cc(C)cc3n3nnnc23)C(=O)c2ccccc2F)cc1. The summed E-state index contributed by atoms with van der Waals surface area (Å²) in [6, 6.07) is 19.6. The third-order valence-corrected chi connectivity index (χ3v) is 6.10. The van der Waals surface area contributed by atoms with Gasteiger partial charge < -0.3 is 9.64 Å². The van der Waals surface area contributed by atoms with Crippen molar-refractivity contribution in [2.24, 2.45) is 0 Å². The van der Waals surface area contributed by atoms with Crippen molar-refractivity contribution in [3.63, 3.8) is 0 Å². The van der Waals surface area contributed by atoms with Crippen molar-refractivity contribution in [2.45, 2.75) is 26.9 Å². The number of ether oxygens (including phenoxy) is 1. The minimum atomic E-state index is -0.559. The van der Waals surface area contributed by atoms with Gasteiger partial charge in [0, 0.05) is 17.5 Å². The molecule has 0 atom stereocenters. The average molecular weight is 470 g/mol. The van der Waals surface area contributed by atoms with Gasteiger partial charge in [-0.1, -0.05) is 30.3 Å². The normalized spacial score (nSPS) is 11.2. The van der Waals surface area contributed by atoms with E-state index in [0.29, 0.717) is 5.65 Å². The van der Waals surface area contributed by atoms with Gasteiger partial charge in [0.05, 0.1) is 24.7 Å². The number of aromatic nitrogens is 4. The van der Waals surface area contributed by atoms with Crippen LogP contribution < -0.4 is 4.74 Å². The van der Waals surface area contributed by atoms with Crippen LogP contribution in [0, 0.1) is 19.7 Å². The van der Waals surface area contributed by atoms with Crippen LogP contribution in [0.3, 0.4) is 0 Å². The zero-order valence-corrected chi connectivity index (χ0v) is 19.7. The number of carbonyl (C=O) groups is 1. The minimum Gasteiger partial charge on any atom is -0.497 e. The summed E-state index contributed by atoms with van der Waals surface area (Å²) in [6.07, 6.45) is 0. The first-order chi connectivity index (χ1) is 16.9. The summed E-state index contributed by atoms with van der Waals surface area (Å²) >= 11 is 0. The Balaban J connectivity index is 1.60. The van der Waals surface area contributed by atoms with Gasteiger partial charge in [-0.05, 0) is 77.4 Å². The molecule has 35 heavy (non-hydrogen) atoms. The number of methoxy groups -OCH3 is 1. The molecular formula is C27H24FN5O2. The van der Waals surface area contributed by atoms with Gasteiger partial charge in [-0.25, -0.2) is 4.39 Å². The maximum absolute atomic E-state index is 14.6. The molecule has 0 saturated carbocycles. The first-order valence-corrected chi connectivity index (χ1v) is 11.2. The summed E-state index contributed by atoms with van der Waals surface area (Å²) in [5.41, 5.74) is 5.32. The summed E-state index contributed by atoms with van der Waals surface area (Å²) in [6.45, 7) is 4.54. The molecule has 5 aromatic rings. The fraction of sp³-hybridized carbons (Fsp3) is 0.185. The summed E-state index contributed by atoms with van der Waals surface area (Å²) in [7, 11) is 1.60. The number of aryl methyl sites for hydroxylation is 2. The fourth-order valence-electron chi connectivity index (χ4n) is 4.39. The molecule has 0 aliphatic heterocycles. The van der Waals surface area contributed by atoms with Crippen LogP contribution in [0.1, 0.15) is 32.6 Å². The van der Waals surface area contributed by atoms with E-state index < -0.39 is 11.7 Å². The van der Waals surface area contributed by atoms with Crippen LogP contribution in [0.15, 0.2) is 66.7 Å². The fourth-order valence-corrected chi connectivity index (χ4v) is 4.39. The molecule has 0 bridgehead atoms. The van der Waals surface area contributed by atoms with Crippen LogP contribution >= 0.6 is 0 Å². The van der Waals surface area contributed by atoms with E-state index in [4.69, 9.17) is 4.74 Å². The maximum atomic E-state index is 14.6. The van der Waals surface area contributed by atoms with E-state index in [2.05, 4.69) is 21.6 Å². The predicted octanol–water partition coefficient (Wildman–Crippen LogP) is 4.88. The molecule has 0 N–H and O–H groups in total. The lowest BCUT2D eigenvalue weighted by Crippen LogP contribution is -2.31. The third-order valence-electron chi connectivity index (χ3n) is 6.10. The molecule has 2 aromatic heterocycles. The molecule has 176 valence electrons. The number of hydrogen-bond donors (Lipinski definition) is 0. The number of hydrogen-bond acceptors (Lipinski definition) is 5. The highest BCUT2D eigenvalue weighted by molar-refractivity contribution is 5.94. The molecule has 0 unspecified atom stereocenters. The van der Waals surface area contributed by atoms with Gasteiger partial charge >= 0.3 is 0 Å². The number of fused-ring (bicyclic) bond motifs is 3. The smallest absolute Gasteiger partial charge is 0.257 e. The van der Waals surface area contributed by atoms with Gasteiger partial charge in [-0.15, -0.1) is 5.10 Å². The van der Waals surface area contributed by atoms with Crippen LogP contribution in [0.5, 0.6) is 5.75 Å². The Labute approximate surface area is 201 Å².